The number of anilines is 1. The van der Waals surface area contributed by atoms with E-state index in [4.69, 9.17) is 0 Å². The van der Waals surface area contributed by atoms with Crippen LogP contribution in [-0.2, 0) is 4.79 Å². The molecule has 116 valence electrons. The van der Waals surface area contributed by atoms with Crippen LogP contribution in [0.4, 0.5) is 5.69 Å². The molecule has 1 aromatic rings. The second-order valence-electron chi connectivity index (χ2n) is 6.21. The first kappa shape index (κ1) is 16.3. The van der Waals surface area contributed by atoms with Crippen LogP contribution in [0.5, 0.6) is 0 Å². The molecule has 1 unspecified atom stereocenters. The maximum absolute atomic E-state index is 12.8. The zero-order chi connectivity index (χ0) is 15.6. The van der Waals surface area contributed by atoms with Gasteiger partial charge in [-0.3, -0.25) is 9.69 Å². The van der Waals surface area contributed by atoms with Crippen molar-refractivity contribution >= 4 is 23.4 Å². The van der Waals surface area contributed by atoms with E-state index in [2.05, 4.69) is 6.07 Å². The minimum Gasteiger partial charge on any atom is -0.389 e. The number of fused-ring (bicyclic) bond motifs is 1. The molecular weight excluding hydrogens is 284 g/mol. The lowest BCUT2D eigenvalue weighted by Crippen LogP contribution is -2.50. The highest BCUT2D eigenvalue weighted by Crippen LogP contribution is 2.34. The van der Waals surface area contributed by atoms with E-state index in [-0.39, 0.29) is 11.9 Å². The number of para-hydroxylation sites is 1. The first-order valence-electron chi connectivity index (χ1n) is 7.25. The SMILES string of the molecule is CC(C(=O)N1CCSc2ccccc21)N(C)CC(C)(C)O. The summed E-state index contributed by atoms with van der Waals surface area (Å²) in [5.41, 5.74) is 0.195. The Bertz CT molecular complexity index is 513. The van der Waals surface area contributed by atoms with Crippen molar-refractivity contribution in [1.82, 2.24) is 4.90 Å². The van der Waals surface area contributed by atoms with E-state index >= 15 is 0 Å². The van der Waals surface area contributed by atoms with E-state index in [0.717, 1.165) is 22.9 Å². The highest BCUT2D eigenvalue weighted by molar-refractivity contribution is 7.99. The molecule has 1 amide bonds. The molecule has 0 radical (unpaired) electrons. The third-order valence-corrected chi connectivity index (χ3v) is 4.69. The van der Waals surface area contributed by atoms with Crippen molar-refractivity contribution in [3.05, 3.63) is 24.3 Å². The number of carbonyl (C=O) groups excluding carboxylic acids is 1. The number of nitrogens with zero attached hydrogens (tertiary/aromatic N) is 2. The maximum atomic E-state index is 12.8. The highest BCUT2D eigenvalue weighted by atomic mass is 32.2. The quantitative estimate of drug-likeness (QED) is 0.926. The van der Waals surface area contributed by atoms with Crippen molar-refractivity contribution in [3.8, 4) is 0 Å². The van der Waals surface area contributed by atoms with Gasteiger partial charge in [0.25, 0.3) is 0 Å². The van der Waals surface area contributed by atoms with Gasteiger partial charge in [-0.15, -0.1) is 11.8 Å². The maximum Gasteiger partial charge on any atom is 0.244 e. The van der Waals surface area contributed by atoms with Crippen molar-refractivity contribution < 1.29 is 9.90 Å². The molecule has 1 aliphatic heterocycles. The first-order chi connectivity index (χ1) is 9.79. The van der Waals surface area contributed by atoms with Crippen LogP contribution >= 0.6 is 11.8 Å². The molecule has 1 aromatic carbocycles. The second-order valence-corrected chi connectivity index (χ2v) is 7.35. The summed E-state index contributed by atoms with van der Waals surface area (Å²) in [6.45, 7) is 6.62. The average molecular weight is 308 g/mol. The van der Waals surface area contributed by atoms with Crippen molar-refractivity contribution in [1.29, 1.82) is 0 Å². The Balaban J connectivity index is 2.14. The molecule has 0 spiro atoms. The van der Waals surface area contributed by atoms with Crippen molar-refractivity contribution in [2.24, 2.45) is 0 Å². The van der Waals surface area contributed by atoms with E-state index in [0.29, 0.717) is 6.54 Å². The van der Waals surface area contributed by atoms with Crippen LogP contribution in [0.15, 0.2) is 29.2 Å². The van der Waals surface area contributed by atoms with Crippen LogP contribution in [-0.4, -0.2) is 53.4 Å². The Morgan fingerprint density at radius 1 is 1.48 bits per heavy atom. The summed E-state index contributed by atoms with van der Waals surface area (Å²) in [6, 6.07) is 7.78. The fourth-order valence-electron chi connectivity index (χ4n) is 2.56. The lowest BCUT2D eigenvalue weighted by Gasteiger charge is -2.35. The van der Waals surface area contributed by atoms with Gasteiger partial charge in [-0.05, 0) is 40.0 Å². The number of aliphatic hydroxyl groups is 1. The third-order valence-electron chi connectivity index (χ3n) is 3.65. The normalized spacial score (nSPS) is 16.8. The van der Waals surface area contributed by atoms with Crippen LogP contribution in [0.3, 0.4) is 0 Å². The van der Waals surface area contributed by atoms with Gasteiger partial charge in [0.05, 0.1) is 17.3 Å². The summed E-state index contributed by atoms with van der Waals surface area (Å²) in [5.74, 6) is 1.01. The highest BCUT2D eigenvalue weighted by Gasteiger charge is 2.30. The largest absolute Gasteiger partial charge is 0.389 e. The molecule has 2 rings (SSSR count). The molecule has 1 aliphatic rings. The third kappa shape index (κ3) is 3.99. The van der Waals surface area contributed by atoms with Gasteiger partial charge in [-0.1, -0.05) is 12.1 Å². The number of carbonyl (C=O) groups is 1. The molecule has 1 heterocycles. The summed E-state index contributed by atoms with van der Waals surface area (Å²) in [4.78, 5) is 17.7. The first-order valence-corrected chi connectivity index (χ1v) is 8.24. The Labute approximate surface area is 131 Å². The Kier molecular flexibility index (Phi) is 4.96. The van der Waals surface area contributed by atoms with Gasteiger partial charge in [0.2, 0.25) is 5.91 Å². The minimum absolute atomic E-state index is 0.0921. The van der Waals surface area contributed by atoms with Gasteiger partial charge in [0, 0.05) is 23.7 Å². The number of thioether (sulfide) groups is 1. The lowest BCUT2D eigenvalue weighted by molar-refractivity contribution is -0.123. The molecule has 0 aliphatic carbocycles. The topological polar surface area (TPSA) is 43.8 Å². The van der Waals surface area contributed by atoms with Crippen LogP contribution in [0, 0.1) is 0 Å². The second kappa shape index (κ2) is 6.38. The molecule has 0 saturated carbocycles. The number of benzene rings is 1. The van der Waals surface area contributed by atoms with Gasteiger partial charge < -0.3 is 10.0 Å². The van der Waals surface area contributed by atoms with E-state index in [1.165, 1.54) is 0 Å². The number of hydrogen-bond acceptors (Lipinski definition) is 4. The van der Waals surface area contributed by atoms with E-state index in [1.807, 2.05) is 42.0 Å². The van der Waals surface area contributed by atoms with Gasteiger partial charge in [-0.25, -0.2) is 0 Å². The number of amides is 1. The molecule has 1 N–H and O–H groups in total. The van der Waals surface area contributed by atoms with Gasteiger partial charge in [0.15, 0.2) is 0 Å². The predicted molar refractivity (Wildman–Crippen MR) is 87.9 cm³/mol. The Morgan fingerprint density at radius 2 is 2.14 bits per heavy atom. The summed E-state index contributed by atoms with van der Waals surface area (Å²) >= 11 is 1.79. The Hall–Kier alpha value is -1.04. The molecule has 4 nitrogen and oxygen atoms in total. The molecule has 0 saturated heterocycles. The smallest absolute Gasteiger partial charge is 0.244 e. The molecule has 0 bridgehead atoms. The molecule has 21 heavy (non-hydrogen) atoms. The monoisotopic (exact) mass is 308 g/mol. The fourth-order valence-corrected chi connectivity index (χ4v) is 3.55. The van der Waals surface area contributed by atoms with Gasteiger partial charge in [-0.2, -0.15) is 0 Å². The average Bonchev–Trinajstić information content (AvgIpc) is 2.43. The van der Waals surface area contributed by atoms with Crippen molar-refractivity contribution in [2.75, 3.05) is 30.8 Å². The standard InChI is InChI=1S/C16H24N2O2S/c1-12(17(4)11-16(2,3)20)15(19)18-9-10-21-14-8-6-5-7-13(14)18/h5-8,12,20H,9-11H2,1-4H3. The minimum atomic E-state index is -0.807. The van der Waals surface area contributed by atoms with E-state index in [9.17, 15) is 9.90 Å². The number of hydrogen-bond donors (Lipinski definition) is 1. The molecule has 0 aromatic heterocycles. The van der Waals surface area contributed by atoms with Crippen LogP contribution in [0.2, 0.25) is 0 Å². The van der Waals surface area contributed by atoms with Crippen LogP contribution in [0.1, 0.15) is 20.8 Å². The fraction of sp³-hybridized carbons (Fsp3) is 0.562. The van der Waals surface area contributed by atoms with Gasteiger partial charge in [0.1, 0.15) is 0 Å². The molecular formula is C16H24N2O2S. The summed E-state index contributed by atoms with van der Waals surface area (Å²) in [6.07, 6.45) is 0. The lowest BCUT2D eigenvalue weighted by atomic mass is 10.1. The van der Waals surface area contributed by atoms with Crippen molar-refractivity contribution in [3.63, 3.8) is 0 Å². The summed E-state index contributed by atoms with van der Waals surface area (Å²) in [5, 5.41) is 9.92. The summed E-state index contributed by atoms with van der Waals surface area (Å²) in [7, 11) is 1.88. The van der Waals surface area contributed by atoms with Crippen molar-refractivity contribution in [2.45, 2.75) is 37.3 Å². The van der Waals surface area contributed by atoms with E-state index in [1.54, 1.807) is 25.6 Å². The zero-order valence-electron chi connectivity index (χ0n) is 13.2. The van der Waals surface area contributed by atoms with Crippen LogP contribution in [0.25, 0.3) is 0 Å². The molecule has 1 atom stereocenters. The predicted octanol–water partition coefficient (Wildman–Crippen LogP) is 2.22. The van der Waals surface area contributed by atoms with E-state index < -0.39 is 5.60 Å². The molecule has 5 heteroatoms. The van der Waals surface area contributed by atoms with Crippen LogP contribution < -0.4 is 4.90 Å². The zero-order valence-corrected chi connectivity index (χ0v) is 14.0. The number of rotatable bonds is 4. The summed E-state index contributed by atoms with van der Waals surface area (Å²) < 4.78 is 0. The van der Waals surface area contributed by atoms with Gasteiger partial charge >= 0.3 is 0 Å². The Morgan fingerprint density at radius 3 is 2.81 bits per heavy atom. The number of likely N-dealkylation sites (N-methyl/N-ethyl adjacent to an activating group) is 1. The molecule has 0 fully saturated rings.